The molecule has 7 heteroatoms. The number of nitrogens with one attached hydrogen (secondary N) is 1. The van der Waals surface area contributed by atoms with E-state index in [9.17, 15) is 19.4 Å². The van der Waals surface area contributed by atoms with Gasteiger partial charge in [-0.05, 0) is 24.3 Å². The number of aliphatic hydroxyl groups excluding tert-OH is 2. The Morgan fingerprint density at radius 2 is 2.00 bits per heavy atom. The third kappa shape index (κ3) is 4.73. The third-order valence-corrected chi connectivity index (χ3v) is 3.11. The highest BCUT2D eigenvalue weighted by molar-refractivity contribution is 5.78. The number of amides is 1. The maximum atomic E-state index is 13.4. The SMILES string of the molecule is O=C(COc1ccccc1F)N[C@H](CO)[C@@H](O)c1ccccn1. The van der Waals surface area contributed by atoms with Crippen molar-refractivity contribution in [2.24, 2.45) is 0 Å². The van der Waals surface area contributed by atoms with Crippen molar-refractivity contribution >= 4 is 5.91 Å². The number of pyridine rings is 1. The van der Waals surface area contributed by atoms with Crippen molar-refractivity contribution in [1.82, 2.24) is 10.3 Å². The van der Waals surface area contributed by atoms with Crippen LogP contribution < -0.4 is 10.1 Å². The van der Waals surface area contributed by atoms with Gasteiger partial charge >= 0.3 is 0 Å². The number of ether oxygens (including phenoxy) is 1. The molecule has 3 N–H and O–H groups in total. The molecule has 2 rings (SSSR count). The predicted molar refractivity (Wildman–Crippen MR) is 80.1 cm³/mol. The molecule has 0 saturated heterocycles. The highest BCUT2D eigenvalue weighted by Gasteiger charge is 2.23. The van der Waals surface area contributed by atoms with Crippen LogP contribution in [0.2, 0.25) is 0 Å². The number of rotatable bonds is 7. The molecule has 1 amide bonds. The van der Waals surface area contributed by atoms with Gasteiger partial charge in [0.1, 0.15) is 6.10 Å². The van der Waals surface area contributed by atoms with Crippen LogP contribution in [0.1, 0.15) is 11.8 Å². The van der Waals surface area contributed by atoms with Crippen LogP contribution in [0.4, 0.5) is 4.39 Å². The molecule has 0 unspecified atom stereocenters. The topological polar surface area (TPSA) is 91.7 Å². The molecule has 0 aliphatic heterocycles. The number of para-hydroxylation sites is 1. The lowest BCUT2D eigenvalue weighted by molar-refractivity contribution is -0.125. The molecule has 1 aromatic heterocycles. The number of carbonyl (C=O) groups excluding carboxylic acids is 1. The molecular formula is C16H17FN2O4. The third-order valence-electron chi connectivity index (χ3n) is 3.11. The van der Waals surface area contributed by atoms with Gasteiger partial charge in [-0.25, -0.2) is 4.39 Å². The molecule has 6 nitrogen and oxygen atoms in total. The average Bonchev–Trinajstić information content (AvgIpc) is 2.59. The zero-order valence-electron chi connectivity index (χ0n) is 12.2. The van der Waals surface area contributed by atoms with Crippen LogP contribution in [0.5, 0.6) is 5.75 Å². The molecule has 122 valence electrons. The van der Waals surface area contributed by atoms with Gasteiger partial charge in [-0.1, -0.05) is 18.2 Å². The van der Waals surface area contributed by atoms with Crippen LogP contribution in [0, 0.1) is 5.82 Å². The van der Waals surface area contributed by atoms with E-state index in [-0.39, 0.29) is 5.75 Å². The van der Waals surface area contributed by atoms with Gasteiger partial charge in [0.2, 0.25) is 0 Å². The predicted octanol–water partition coefficient (Wildman–Crippen LogP) is 0.810. The number of hydrogen-bond donors (Lipinski definition) is 3. The van der Waals surface area contributed by atoms with Gasteiger partial charge in [-0.3, -0.25) is 9.78 Å². The molecule has 0 spiro atoms. The van der Waals surface area contributed by atoms with Crippen molar-refractivity contribution < 1.29 is 24.1 Å². The second kappa shape index (κ2) is 8.21. The molecule has 2 atom stereocenters. The minimum atomic E-state index is -1.17. The summed E-state index contributed by atoms with van der Waals surface area (Å²) in [4.78, 5) is 15.8. The normalized spacial score (nSPS) is 13.2. The highest BCUT2D eigenvalue weighted by Crippen LogP contribution is 2.16. The van der Waals surface area contributed by atoms with Crippen molar-refractivity contribution in [3.63, 3.8) is 0 Å². The first-order valence-electron chi connectivity index (χ1n) is 6.98. The van der Waals surface area contributed by atoms with E-state index >= 15 is 0 Å². The smallest absolute Gasteiger partial charge is 0.258 e. The molecule has 0 aliphatic carbocycles. The summed E-state index contributed by atoms with van der Waals surface area (Å²) in [6.45, 7) is -0.921. The number of benzene rings is 1. The van der Waals surface area contributed by atoms with E-state index < -0.39 is 37.1 Å². The fourth-order valence-corrected chi connectivity index (χ4v) is 1.94. The van der Waals surface area contributed by atoms with Crippen molar-refractivity contribution in [3.8, 4) is 5.75 Å². The number of aliphatic hydroxyl groups is 2. The summed E-state index contributed by atoms with van der Waals surface area (Å²) < 4.78 is 18.4. The highest BCUT2D eigenvalue weighted by atomic mass is 19.1. The monoisotopic (exact) mass is 320 g/mol. The van der Waals surface area contributed by atoms with Crippen molar-refractivity contribution in [1.29, 1.82) is 0 Å². The lowest BCUT2D eigenvalue weighted by Gasteiger charge is -2.21. The van der Waals surface area contributed by atoms with Gasteiger partial charge in [0.25, 0.3) is 5.91 Å². The number of carbonyl (C=O) groups is 1. The molecule has 0 aliphatic rings. The summed E-state index contributed by atoms with van der Waals surface area (Å²) in [5.74, 6) is -1.22. The standard InChI is InChI=1S/C16H17FN2O4/c17-11-5-1-2-7-14(11)23-10-15(21)19-13(9-20)16(22)12-6-3-4-8-18-12/h1-8,13,16,20,22H,9-10H2,(H,19,21)/t13-,16+/m1/s1. The minimum Gasteiger partial charge on any atom is -0.481 e. The first kappa shape index (κ1) is 16.9. The molecule has 0 saturated carbocycles. The Hall–Kier alpha value is -2.51. The van der Waals surface area contributed by atoms with E-state index in [1.165, 1.54) is 24.4 Å². The van der Waals surface area contributed by atoms with E-state index in [1.54, 1.807) is 24.3 Å². The average molecular weight is 320 g/mol. The van der Waals surface area contributed by atoms with Crippen molar-refractivity contribution in [3.05, 3.63) is 60.2 Å². The summed E-state index contributed by atoms with van der Waals surface area (Å²) >= 11 is 0. The van der Waals surface area contributed by atoms with E-state index in [0.717, 1.165) is 0 Å². The molecule has 1 aromatic carbocycles. The largest absolute Gasteiger partial charge is 0.481 e. The number of aromatic nitrogens is 1. The number of nitrogens with zero attached hydrogens (tertiary/aromatic N) is 1. The van der Waals surface area contributed by atoms with Crippen LogP contribution in [0.25, 0.3) is 0 Å². The fraction of sp³-hybridized carbons (Fsp3) is 0.250. The Morgan fingerprint density at radius 3 is 2.65 bits per heavy atom. The van der Waals surface area contributed by atoms with Crippen LogP contribution in [0.15, 0.2) is 48.7 Å². The summed E-state index contributed by atoms with van der Waals surface area (Å²) in [5.41, 5.74) is 0.321. The second-order valence-corrected chi connectivity index (χ2v) is 4.78. The first-order chi connectivity index (χ1) is 11.1. The van der Waals surface area contributed by atoms with E-state index in [2.05, 4.69) is 10.3 Å². The molecular weight excluding hydrogens is 303 g/mol. The Bertz CT molecular complexity index is 639. The molecule has 0 radical (unpaired) electrons. The van der Waals surface area contributed by atoms with Crippen LogP contribution in [-0.4, -0.2) is 40.4 Å². The van der Waals surface area contributed by atoms with Crippen LogP contribution >= 0.6 is 0 Å². The summed E-state index contributed by atoms with van der Waals surface area (Å²) in [5, 5.41) is 21.9. The van der Waals surface area contributed by atoms with Gasteiger partial charge in [-0.2, -0.15) is 0 Å². The van der Waals surface area contributed by atoms with Crippen molar-refractivity contribution in [2.45, 2.75) is 12.1 Å². The maximum absolute atomic E-state index is 13.4. The lowest BCUT2D eigenvalue weighted by Crippen LogP contribution is -2.44. The zero-order valence-corrected chi connectivity index (χ0v) is 12.2. The van der Waals surface area contributed by atoms with Gasteiger partial charge in [0, 0.05) is 6.20 Å². The molecule has 0 bridgehead atoms. The summed E-state index contributed by atoms with van der Waals surface area (Å²) in [6.07, 6.45) is 0.328. The minimum absolute atomic E-state index is 0.0477. The van der Waals surface area contributed by atoms with Gasteiger partial charge in [0.15, 0.2) is 18.2 Å². The zero-order chi connectivity index (χ0) is 16.7. The van der Waals surface area contributed by atoms with Gasteiger partial charge < -0.3 is 20.3 Å². The summed E-state index contributed by atoms with van der Waals surface area (Å²) in [6, 6.07) is 9.71. The lowest BCUT2D eigenvalue weighted by atomic mass is 10.1. The van der Waals surface area contributed by atoms with E-state index in [0.29, 0.717) is 5.69 Å². The van der Waals surface area contributed by atoms with E-state index in [4.69, 9.17) is 4.74 Å². The molecule has 2 aromatic rings. The Kier molecular flexibility index (Phi) is 6.02. The first-order valence-corrected chi connectivity index (χ1v) is 6.98. The Balaban J connectivity index is 1.91. The molecule has 1 heterocycles. The Labute approximate surface area is 132 Å². The second-order valence-electron chi connectivity index (χ2n) is 4.78. The Morgan fingerprint density at radius 1 is 1.26 bits per heavy atom. The number of hydrogen-bond acceptors (Lipinski definition) is 5. The summed E-state index contributed by atoms with van der Waals surface area (Å²) in [7, 11) is 0. The molecule has 0 fully saturated rings. The number of halogens is 1. The van der Waals surface area contributed by atoms with Crippen LogP contribution in [0.3, 0.4) is 0 Å². The maximum Gasteiger partial charge on any atom is 0.258 e. The van der Waals surface area contributed by atoms with Gasteiger partial charge in [0.05, 0.1) is 18.3 Å². The quantitative estimate of drug-likeness (QED) is 0.702. The van der Waals surface area contributed by atoms with E-state index in [1.807, 2.05) is 0 Å². The fourth-order valence-electron chi connectivity index (χ4n) is 1.94. The van der Waals surface area contributed by atoms with Gasteiger partial charge in [-0.15, -0.1) is 0 Å². The van der Waals surface area contributed by atoms with Crippen molar-refractivity contribution in [2.75, 3.05) is 13.2 Å². The van der Waals surface area contributed by atoms with Crippen LogP contribution in [-0.2, 0) is 4.79 Å². The molecule has 23 heavy (non-hydrogen) atoms.